The Bertz CT molecular complexity index is 1310. The number of hydrogen-bond acceptors (Lipinski definition) is 12. The van der Waals surface area contributed by atoms with Crippen LogP contribution in [0.1, 0.15) is 82.1 Å². The topological polar surface area (TPSA) is 187 Å². The van der Waals surface area contributed by atoms with Crippen LogP contribution in [0.5, 0.6) is 0 Å². The number of ether oxygens (including phenoxy) is 5. The number of fused-ring (bicyclic) bond motifs is 5. The van der Waals surface area contributed by atoms with E-state index in [-0.39, 0.29) is 38.0 Å². The van der Waals surface area contributed by atoms with Crippen molar-refractivity contribution in [2.75, 3.05) is 13.7 Å². The maximum absolute atomic E-state index is 14.7. The van der Waals surface area contributed by atoms with Gasteiger partial charge in [-0.3, -0.25) is 9.59 Å². The van der Waals surface area contributed by atoms with Gasteiger partial charge in [0.05, 0.1) is 29.8 Å². The summed E-state index contributed by atoms with van der Waals surface area (Å²) in [6.07, 6.45) is -6.97. The van der Waals surface area contributed by atoms with Crippen LogP contribution >= 0.6 is 0 Å². The maximum atomic E-state index is 14.7. The molecule has 0 aromatic carbocycles. The molecule has 1 radical (unpaired) electrons. The molecule has 1 saturated heterocycles. The molecule has 13 nitrogen and oxygen atoms in total. The number of rotatable bonds is 6. The maximum Gasteiger partial charge on any atom is 0.407 e. The Morgan fingerprint density at radius 2 is 1.74 bits per heavy atom. The van der Waals surface area contributed by atoms with Gasteiger partial charge in [-0.2, -0.15) is 0 Å². The van der Waals surface area contributed by atoms with Crippen molar-refractivity contribution in [2.24, 2.45) is 22.7 Å². The minimum Gasteiger partial charge on any atom is -0.456 e. The van der Waals surface area contributed by atoms with Crippen LogP contribution in [-0.4, -0.2) is 106 Å². The third-order valence-electron chi connectivity index (χ3n) is 11.1. The van der Waals surface area contributed by atoms with Gasteiger partial charge in [-0.25, -0.2) is 9.59 Å². The molecule has 0 aromatic heterocycles. The van der Waals surface area contributed by atoms with Gasteiger partial charge in [-0.15, -0.1) is 0 Å². The second-order valence-corrected chi connectivity index (χ2v) is 15.3. The number of carbonyl (C=O) groups excluding carboxylic acids is 4. The van der Waals surface area contributed by atoms with E-state index in [2.05, 4.69) is 5.32 Å². The molecule has 265 valence electrons. The number of aliphatic hydroxyl groups excluding tert-OH is 2. The van der Waals surface area contributed by atoms with E-state index in [4.69, 9.17) is 23.7 Å². The summed E-state index contributed by atoms with van der Waals surface area (Å²) in [4.78, 5) is 52.8. The van der Waals surface area contributed by atoms with E-state index in [1.54, 1.807) is 55.4 Å². The monoisotopic (exact) mass is 704 g/mol. The second kappa shape index (κ2) is 13.0. The SMILES string of the molecule is COC1C(=O)[C@]2(C)C(O)CC3OCC3(OC(C)=O)C2C(C)C2(O)CC(OC(=O)C(O)C(C)NC(=O)OC(C)(C)C)C(C)=C1C2(C)C.[V]. The number of nitrogens with one attached hydrogen (secondary N) is 1. The van der Waals surface area contributed by atoms with Gasteiger partial charge >= 0.3 is 18.0 Å². The molecule has 3 aliphatic carbocycles. The Balaban J connectivity index is 0.00000600. The second-order valence-electron chi connectivity index (χ2n) is 15.3. The third kappa shape index (κ3) is 6.19. The van der Waals surface area contributed by atoms with Crippen molar-refractivity contribution in [3.63, 3.8) is 0 Å². The molecule has 0 spiro atoms. The number of methoxy groups -OCH3 is 1. The molecular formula is C33H51NO12V. The fraction of sp³-hybridized carbons (Fsp3) is 0.818. The number of ketones is 1. The van der Waals surface area contributed by atoms with E-state index in [9.17, 15) is 34.5 Å². The van der Waals surface area contributed by atoms with Crippen LogP contribution in [0.2, 0.25) is 0 Å². The van der Waals surface area contributed by atoms with Crippen molar-refractivity contribution in [1.29, 1.82) is 0 Å². The van der Waals surface area contributed by atoms with E-state index in [0.717, 1.165) is 0 Å². The van der Waals surface area contributed by atoms with Crippen molar-refractivity contribution in [2.45, 2.75) is 135 Å². The van der Waals surface area contributed by atoms with Crippen LogP contribution in [0.25, 0.3) is 0 Å². The number of Topliss-reactive ketones (excluding diaryl/α,β-unsaturated/α-hetero) is 1. The van der Waals surface area contributed by atoms with Gasteiger partial charge in [0.2, 0.25) is 0 Å². The van der Waals surface area contributed by atoms with Crippen LogP contribution in [0.15, 0.2) is 11.1 Å². The summed E-state index contributed by atoms with van der Waals surface area (Å²) in [5.74, 6) is -3.83. The quantitative estimate of drug-likeness (QED) is 0.179. The van der Waals surface area contributed by atoms with Crippen LogP contribution in [-0.2, 0) is 56.6 Å². The van der Waals surface area contributed by atoms with E-state index in [1.165, 1.54) is 21.0 Å². The van der Waals surface area contributed by atoms with E-state index in [0.29, 0.717) is 11.1 Å². The molecule has 10 unspecified atom stereocenters. The van der Waals surface area contributed by atoms with Crippen molar-refractivity contribution in [1.82, 2.24) is 5.32 Å². The summed E-state index contributed by atoms with van der Waals surface area (Å²) >= 11 is 0. The summed E-state index contributed by atoms with van der Waals surface area (Å²) in [6.45, 7) is 16.3. The summed E-state index contributed by atoms with van der Waals surface area (Å²) in [6, 6.07) is -1.08. The normalized spacial score (nSPS) is 38.9. The first-order valence-electron chi connectivity index (χ1n) is 15.9. The third-order valence-corrected chi connectivity index (χ3v) is 11.1. The molecule has 2 saturated carbocycles. The molecule has 1 aliphatic heterocycles. The fourth-order valence-corrected chi connectivity index (χ4v) is 8.68. The average Bonchev–Trinajstić information content (AvgIpc) is 2.92. The number of alkyl carbamates (subject to hydrolysis) is 1. The van der Waals surface area contributed by atoms with Gasteiger partial charge in [-0.05, 0) is 58.6 Å². The standard InChI is InChI=1S/C33H51NO12.V/c1-15-19(44-27(39)23(37)17(3)34-28(40)46-29(5,6)7)13-33(41)16(2)25-31(10,26(38)24(42-11)22(15)30(33,8)9)20(36)12-21-32(25,14-43-21)45-18(4)35;/h16-17,19-21,23-25,36-37,41H,12-14H2,1-11H3,(H,34,40);/t16?,17?,19?,20?,21?,23?,24?,25?,31-,32?,33?;/m1./s1. The number of esters is 2. The largest absolute Gasteiger partial charge is 0.456 e. The molecule has 11 atom stereocenters. The molecule has 4 N–H and O–H groups in total. The van der Waals surface area contributed by atoms with Crippen LogP contribution < -0.4 is 5.32 Å². The van der Waals surface area contributed by atoms with Crippen LogP contribution in [0.3, 0.4) is 0 Å². The first kappa shape index (κ1) is 39.4. The van der Waals surface area contributed by atoms with Crippen molar-refractivity contribution >= 4 is 23.8 Å². The summed E-state index contributed by atoms with van der Waals surface area (Å²) in [5, 5.41) is 37.7. The predicted molar refractivity (Wildman–Crippen MR) is 162 cm³/mol. The molecule has 1 amide bonds. The molecule has 0 aromatic rings. The van der Waals surface area contributed by atoms with Crippen LogP contribution in [0.4, 0.5) is 4.79 Å². The van der Waals surface area contributed by atoms with Crippen molar-refractivity contribution in [3.8, 4) is 0 Å². The first-order valence-corrected chi connectivity index (χ1v) is 15.9. The average molecular weight is 705 g/mol. The van der Waals surface area contributed by atoms with Gasteiger partial charge in [-0.1, -0.05) is 20.8 Å². The zero-order valence-electron chi connectivity index (χ0n) is 29.2. The number of hydrogen-bond donors (Lipinski definition) is 4. The molecular weight excluding hydrogens is 653 g/mol. The molecule has 3 fully saturated rings. The van der Waals surface area contributed by atoms with Crippen molar-refractivity contribution in [3.05, 3.63) is 11.1 Å². The Hall–Kier alpha value is -2.00. The molecule has 1 heterocycles. The Morgan fingerprint density at radius 3 is 2.23 bits per heavy atom. The predicted octanol–water partition coefficient (Wildman–Crippen LogP) is 1.97. The van der Waals surface area contributed by atoms with Gasteiger partial charge < -0.3 is 44.3 Å². The summed E-state index contributed by atoms with van der Waals surface area (Å²) < 4.78 is 28.7. The number of carbonyl (C=O) groups is 4. The number of aliphatic hydroxyl groups is 3. The molecule has 4 rings (SSSR count). The molecule has 47 heavy (non-hydrogen) atoms. The molecule has 14 heteroatoms. The molecule has 2 bridgehead atoms. The Labute approximate surface area is 288 Å². The number of amides is 1. The van der Waals surface area contributed by atoms with E-state index in [1.807, 2.05) is 0 Å². The van der Waals surface area contributed by atoms with Gasteiger partial charge in [0.25, 0.3) is 0 Å². The smallest absolute Gasteiger partial charge is 0.407 e. The minimum atomic E-state index is -1.78. The fourth-order valence-electron chi connectivity index (χ4n) is 8.68. The minimum absolute atomic E-state index is 0. The summed E-state index contributed by atoms with van der Waals surface area (Å²) in [7, 11) is 1.36. The first-order chi connectivity index (χ1) is 21.0. The van der Waals surface area contributed by atoms with Crippen LogP contribution in [0, 0.1) is 22.7 Å². The van der Waals surface area contributed by atoms with Gasteiger partial charge in [0.1, 0.15) is 23.9 Å². The van der Waals surface area contributed by atoms with Crippen molar-refractivity contribution < 1.29 is 76.7 Å². The van der Waals surface area contributed by atoms with Gasteiger partial charge in [0, 0.05) is 56.8 Å². The molecule has 4 aliphatic rings. The van der Waals surface area contributed by atoms with E-state index < -0.39 is 99.8 Å². The Kier molecular flexibility index (Phi) is 10.9. The summed E-state index contributed by atoms with van der Waals surface area (Å²) in [5.41, 5.74) is -5.62. The van der Waals surface area contributed by atoms with Gasteiger partial charge in [0.15, 0.2) is 17.5 Å². The Morgan fingerprint density at radius 1 is 1.15 bits per heavy atom. The van der Waals surface area contributed by atoms with E-state index >= 15 is 0 Å². The zero-order valence-corrected chi connectivity index (χ0v) is 30.6. The zero-order chi connectivity index (χ0) is 34.9.